The van der Waals surface area contributed by atoms with E-state index in [4.69, 9.17) is 0 Å². The third-order valence-corrected chi connectivity index (χ3v) is 5.29. The number of phenols is 2. The van der Waals surface area contributed by atoms with E-state index in [1.54, 1.807) is 12.1 Å². The highest BCUT2D eigenvalue weighted by molar-refractivity contribution is 5.40. The van der Waals surface area contributed by atoms with Crippen molar-refractivity contribution in [1.29, 1.82) is 0 Å². The average Bonchev–Trinajstić information content (AvgIpc) is 2.62. The summed E-state index contributed by atoms with van der Waals surface area (Å²) >= 11 is 0. The van der Waals surface area contributed by atoms with Crippen molar-refractivity contribution < 1.29 is 15.3 Å². The van der Waals surface area contributed by atoms with Crippen LogP contribution in [-0.2, 0) is 6.42 Å². The Balaban J connectivity index is 2.34. The van der Waals surface area contributed by atoms with Gasteiger partial charge in [0.2, 0.25) is 0 Å². The van der Waals surface area contributed by atoms with Crippen LogP contribution in [0.15, 0.2) is 53.1 Å². The van der Waals surface area contributed by atoms with Crippen molar-refractivity contribution in [2.24, 2.45) is 0 Å². The van der Waals surface area contributed by atoms with Gasteiger partial charge >= 0.3 is 0 Å². The molecular formula is C26H40O3. The quantitative estimate of drug-likeness (QED) is 0.262. The number of aryl methyl sites for hydroxylation is 1. The number of phenolic OH excluding ortho intramolecular Hbond substituents is 2. The fourth-order valence-electron chi connectivity index (χ4n) is 3.23. The molecule has 0 amide bonds. The van der Waals surface area contributed by atoms with Crippen LogP contribution < -0.4 is 0 Å². The number of aliphatic hydroxyl groups is 1. The normalized spacial score (nSPS) is 14.6. The van der Waals surface area contributed by atoms with Gasteiger partial charge in [0.05, 0.1) is 5.60 Å². The summed E-state index contributed by atoms with van der Waals surface area (Å²) in [5, 5.41) is 29.6. The lowest BCUT2D eigenvalue weighted by Gasteiger charge is -2.23. The second-order valence-corrected chi connectivity index (χ2v) is 8.82. The predicted octanol–water partition coefficient (Wildman–Crippen LogP) is 6.98. The van der Waals surface area contributed by atoms with E-state index >= 15 is 0 Å². The monoisotopic (exact) mass is 400 g/mol. The van der Waals surface area contributed by atoms with E-state index in [9.17, 15) is 15.3 Å². The summed E-state index contributed by atoms with van der Waals surface area (Å²) in [5.41, 5.74) is 4.38. The fraction of sp³-hybridized carbons (Fsp3) is 0.538. The van der Waals surface area contributed by atoms with E-state index in [-0.39, 0.29) is 11.5 Å². The SMILES string of the molecule is CC(C)=CCC/C(C)=C/CC/C(C)=C/CCC(C)(O)CCc1ccc(O)c(O)c1. The molecule has 0 aliphatic rings. The molecule has 0 heterocycles. The Kier molecular flexibility index (Phi) is 10.8. The standard InChI is InChI=1S/C26H40O3/c1-20(2)9-6-10-21(3)11-7-12-22(4)13-8-17-26(5,29)18-16-23-14-15-24(27)25(28)19-23/h9,11,13-15,19,27-29H,6-8,10,12,16-18H2,1-5H3/b21-11+,22-13+. The van der Waals surface area contributed by atoms with E-state index in [2.05, 4.69) is 45.9 Å². The minimum absolute atomic E-state index is 0.109. The number of aromatic hydroxyl groups is 2. The molecule has 162 valence electrons. The first-order valence-electron chi connectivity index (χ1n) is 10.8. The van der Waals surface area contributed by atoms with Crippen LogP contribution in [0, 0.1) is 0 Å². The lowest BCUT2D eigenvalue weighted by Crippen LogP contribution is -2.24. The Bertz CT molecular complexity index is 719. The van der Waals surface area contributed by atoms with Gasteiger partial charge in [-0.2, -0.15) is 0 Å². The fourth-order valence-corrected chi connectivity index (χ4v) is 3.23. The zero-order chi connectivity index (χ0) is 21.9. The highest BCUT2D eigenvalue weighted by Crippen LogP contribution is 2.27. The summed E-state index contributed by atoms with van der Waals surface area (Å²) < 4.78 is 0. The summed E-state index contributed by atoms with van der Waals surface area (Å²) in [5.74, 6) is -0.221. The molecule has 0 saturated carbocycles. The molecule has 3 N–H and O–H groups in total. The maximum atomic E-state index is 10.6. The highest BCUT2D eigenvalue weighted by Gasteiger charge is 2.19. The summed E-state index contributed by atoms with van der Waals surface area (Å²) in [6, 6.07) is 4.83. The van der Waals surface area contributed by atoms with Crippen LogP contribution in [0.1, 0.15) is 85.1 Å². The van der Waals surface area contributed by atoms with Crippen molar-refractivity contribution in [3.63, 3.8) is 0 Å². The van der Waals surface area contributed by atoms with Crippen LogP contribution in [0.5, 0.6) is 11.5 Å². The lowest BCUT2D eigenvalue weighted by atomic mass is 9.91. The summed E-state index contributed by atoms with van der Waals surface area (Å²) in [6.45, 7) is 10.5. The zero-order valence-corrected chi connectivity index (χ0v) is 19.0. The number of allylic oxidation sites excluding steroid dienone is 6. The van der Waals surface area contributed by atoms with E-state index < -0.39 is 5.60 Å². The van der Waals surface area contributed by atoms with Crippen LogP contribution in [0.4, 0.5) is 0 Å². The second kappa shape index (κ2) is 12.5. The smallest absolute Gasteiger partial charge is 0.157 e. The van der Waals surface area contributed by atoms with Crippen LogP contribution >= 0.6 is 0 Å². The Morgan fingerprint density at radius 2 is 1.41 bits per heavy atom. The third kappa shape index (κ3) is 11.6. The molecule has 3 heteroatoms. The van der Waals surface area contributed by atoms with Gasteiger partial charge in [-0.3, -0.25) is 0 Å². The first kappa shape index (κ1) is 25.0. The summed E-state index contributed by atoms with van der Waals surface area (Å²) in [6.07, 6.45) is 14.1. The van der Waals surface area contributed by atoms with Gasteiger partial charge in [-0.25, -0.2) is 0 Å². The van der Waals surface area contributed by atoms with Gasteiger partial charge < -0.3 is 15.3 Å². The Morgan fingerprint density at radius 3 is 2.00 bits per heavy atom. The van der Waals surface area contributed by atoms with Crippen molar-refractivity contribution in [2.45, 2.75) is 91.6 Å². The zero-order valence-electron chi connectivity index (χ0n) is 19.0. The maximum absolute atomic E-state index is 10.6. The van der Waals surface area contributed by atoms with Crippen LogP contribution in [-0.4, -0.2) is 20.9 Å². The Labute approximate surface area is 177 Å². The average molecular weight is 401 g/mol. The van der Waals surface area contributed by atoms with Crippen molar-refractivity contribution >= 4 is 0 Å². The van der Waals surface area contributed by atoms with Crippen LogP contribution in [0.3, 0.4) is 0 Å². The number of rotatable bonds is 12. The third-order valence-electron chi connectivity index (χ3n) is 5.29. The van der Waals surface area contributed by atoms with Crippen LogP contribution in [0.2, 0.25) is 0 Å². The topological polar surface area (TPSA) is 60.7 Å². The van der Waals surface area contributed by atoms with Gasteiger partial charge in [-0.15, -0.1) is 0 Å². The molecule has 1 unspecified atom stereocenters. The van der Waals surface area contributed by atoms with Crippen molar-refractivity contribution in [3.8, 4) is 11.5 Å². The first-order valence-corrected chi connectivity index (χ1v) is 10.8. The molecule has 0 aliphatic heterocycles. The second-order valence-electron chi connectivity index (χ2n) is 8.82. The van der Waals surface area contributed by atoms with Gasteiger partial charge in [0.25, 0.3) is 0 Å². The van der Waals surface area contributed by atoms with E-state index in [1.165, 1.54) is 22.8 Å². The molecule has 0 aromatic heterocycles. The van der Waals surface area contributed by atoms with E-state index in [0.717, 1.165) is 37.7 Å². The van der Waals surface area contributed by atoms with Crippen molar-refractivity contribution in [1.82, 2.24) is 0 Å². The number of benzene rings is 1. The molecule has 0 spiro atoms. The summed E-state index contributed by atoms with van der Waals surface area (Å²) in [4.78, 5) is 0. The largest absolute Gasteiger partial charge is 0.504 e. The molecule has 1 aromatic carbocycles. The van der Waals surface area contributed by atoms with Gasteiger partial charge in [0.15, 0.2) is 11.5 Å². The number of hydrogen-bond acceptors (Lipinski definition) is 3. The van der Waals surface area contributed by atoms with Gasteiger partial charge in [0, 0.05) is 0 Å². The first-order chi connectivity index (χ1) is 13.6. The van der Waals surface area contributed by atoms with Crippen molar-refractivity contribution in [2.75, 3.05) is 0 Å². The minimum atomic E-state index is -0.744. The Morgan fingerprint density at radius 1 is 0.828 bits per heavy atom. The van der Waals surface area contributed by atoms with Crippen LogP contribution in [0.25, 0.3) is 0 Å². The molecule has 0 aliphatic carbocycles. The molecule has 3 nitrogen and oxygen atoms in total. The molecule has 0 fully saturated rings. The molecular weight excluding hydrogens is 360 g/mol. The maximum Gasteiger partial charge on any atom is 0.157 e. The molecule has 1 atom stereocenters. The van der Waals surface area contributed by atoms with E-state index in [0.29, 0.717) is 19.3 Å². The van der Waals surface area contributed by atoms with Gasteiger partial charge in [-0.1, -0.05) is 41.0 Å². The highest BCUT2D eigenvalue weighted by atomic mass is 16.3. The van der Waals surface area contributed by atoms with Crippen molar-refractivity contribution in [3.05, 3.63) is 58.7 Å². The summed E-state index contributed by atoms with van der Waals surface area (Å²) in [7, 11) is 0. The number of hydrogen-bond donors (Lipinski definition) is 3. The van der Waals surface area contributed by atoms with Gasteiger partial charge in [-0.05, 0) is 104 Å². The molecule has 29 heavy (non-hydrogen) atoms. The molecule has 0 bridgehead atoms. The lowest BCUT2D eigenvalue weighted by molar-refractivity contribution is 0.0432. The Hall–Kier alpha value is -2.00. The molecule has 0 radical (unpaired) electrons. The minimum Gasteiger partial charge on any atom is -0.504 e. The van der Waals surface area contributed by atoms with E-state index in [1.807, 2.05) is 6.92 Å². The molecule has 0 saturated heterocycles. The van der Waals surface area contributed by atoms with Gasteiger partial charge in [0.1, 0.15) is 0 Å². The molecule has 1 aromatic rings. The predicted molar refractivity (Wildman–Crippen MR) is 123 cm³/mol. The molecule has 1 rings (SSSR count).